The van der Waals surface area contributed by atoms with Crippen LogP contribution >= 0.6 is 11.6 Å². The van der Waals surface area contributed by atoms with E-state index >= 15 is 0 Å². The molecule has 3 amide bonds. The molecule has 0 spiro atoms. The topological polar surface area (TPSA) is 73.0 Å². The van der Waals surface area contributed by atoms with Crippen molar-refractivity contribution in [1.29, 1.82) is 0 Å². The zero-order valence-electron chi connectivity index (χ0n) is 23.5. The number of hydrogen-bond donors (Lipinski definition) is 1. The monoisotopic (exact) mass is 572 g/mol. The van der Waals surface area contributed by atoms with E-state index in [2.05, 4.69) is 17.1 Å². The molecule has 1 unspecified atom stereocenters. The number of anilines is 2. The molecule has 0 saturated carbocycles. The molecule has 2 saturated heterocycles. The molecule has 0 aliphatic carbocycles. The Morgan fingerprint density at radius 1 is 0.780 bits per heavy atom. The summed E-state index contributed by atoms with van der Waals surface area (Å²) in [7, 11) is 0. The summed E-state index contributed by atoms with van der Waals surface area (Å²) in [5, 5.41) is 3.29. The number of carbonyl (C=O) groups is 3. The van der Waals surface area contributed by atoms with Crippen molar-refractivity contribution in [3.8, 4) is 0 Å². The van der Waals surface area contributed by atoms with Gasteiger partial charge in [-0.15, -0.1) is 0 Å². The molecule has 2 aliphatic heterocycles. The summed E-state index contributed by atoms with van der Waals surface area (Å²) in [6, 6.07) is 22.4. The lowest BCUT2D eigenvalue weighted by atomic mass is 9.94. The minimum absolute atomic E-state index is 0.0258. The summed E-state index contributed by atoms with van der Waals surface area (Å²) in [6.45, 7) is 5.94. The van der Waals surface area contributed by atoms with E-state index in [1.165, 1.54) is 0 Å². The van der Waals surface area contributed by atoms with E-state index in [-0.39, 0.29) is 23.6 Å². The van der Waals surface area contributed by atoms with E-state index in [0.29, 0.717) is 48.0 Å². The average molecular weight is 573 g/mol. The number of piperidine rings is 1. The average Bonchev–Trinajstić information content (AvgIpc) is 3.02. The predicted molar refractivity (Wildman–Crippen MR) is 164 cm³/mol. The third-order valence-corrected chi connectivity index (χ3v) is 8.42. The lowest BCUT2D eigenvalue weighted by Gasteiger charge is -2.38. The first-order chi connectivity index (χ1) is 20.0. The lowest BCUT2D eigenvalue weighted by molar-refractivity contribution is -0.133. The minimum Gasteiger partial charge on any atom is -0.367 e. The van der Waals surface area contributed by atoms with E-state index in [1.807, 2.05) is 52.3 Å². The van der Waals surface area contributed by atoms with Crippen LogP contribution < -0.4 is 10.2 Å². The molecule has 0 aromatic heterocycles. The van der Waals surface area contributed by atoms with Crippen LogP contribution in [0.2, 0.25) is 5.02 Å². The van der Waals surface area contributed by atoms with E-state index in [9.17, 15) is 14.4 Å². The molecule has 41 heavy (non-hydrogen) atoms. The van der Waals surface area contributed by atoms with Gasteiger partial charge in [-0.2, -0.15) is 0 Å². The van der Waals surface area contributed by atoms with Crippen LogP contribution in [0.1, 0.15) is 64.8 Å². The first-order valence-corrected chi connectivity index (χ1v) is 14.9. The molecule has 1 atom stereocenters. The fraction of sp³-hybridized carbons (Fsp3) is 0.364. The van der Waals surface area contributed by atoms with Crippen LogP contribution in [0.5, 0.6) is 0 Å². The smallest absolute Gasteiger partial charge is 0.257 e. The number of likely N-dealkylation sites (tertiary alicyclic amines) is 1. The normalized spacial score (nSPS) is 16.3. The van der Waals surface area contributed by atoms with Crippen molar-refractivity contribution in [3.63, 3.8) is 0 Å². The van der Waals surface area contributed by atoms with Crippen molar-refractivity contribution < 1.29 is 14.4 Å². The van der Waals surface area contributed by atoms with Gasteiger partial charge in [-0.05, 0) is 61.6 Å². The first kappa shape index (κ1) is 28.7. The molecule has 8 heteroatoms. The number of piperazine rings is 1. The second-order valence-corrected chi connectivity index (χ2v) is 11.1. The third kappa shape index (κ3) is 6.57. The number of halogens is 1. The quantitative estimate of drug-likeness (QED) is 0.373. The standard InChI is InChI=1S/C33H37ClN4O3/c1-2-26(24-11-5-3-6-12-24)32(40)38-21-19-36(20-22-38)30-16-15-25(35-31(39)27-13-7-8-14-29(27)34)23-28(30)33(41)37-17-9-4-10-18-37/h3,5-8,11-16,23,26H,2,4,9-10,17-22H2,1H3,(H,35,39). The molecule has 1 N–H and O–H groups in total. The molecule has 2 heterocycles. The molecule has 5 rings (SSSR count). The highest BCUT2D eigenvalue weighted by molar-refractivity contribution is 6.34. The largest absolute Gasteiger partial charge is 0.367 e. The number of carbonyl (C=O) groups excluding carboxylic acids is 3. The summed E-state index contributed by atoms with van der Waals surface area (Å²) < 4.78 is 0. The summed E-state index contributed by atoms with van der Waals surface area (Å²) >= 11 is 6.24. The van der Waals surface area contributed by atoms with Gasteiger partial charge in [0.1, 0.15) is 0 Å². The molecule has 214 valence electrons. The van der Waals surface area contributed by atoms with Crippen molar-refractivity contribution in [2.75, 3.05) is 49.5 Å². The van der Waals surface area contributed by atoms with Crippen LogP contribution in [0.25, 0.3) is 0 Å². The number of rotatable bonds is 7. The Morgan fingerprint density at radius 2 is 1.46 bits per heavy atom. The van der Waals surface area contributed by atoms with Crippen LogP contribution in [0, 0.1) is 0 Å². The Morgan fingerprint density at radius 3 is 2.15 bits per heavy atom. The molecule has 7 nitrogen and oxygen atoms in total. The van der Waals surface area contributed by atoms with Gasteiger partial charge < -0.3 is 20.0 Å². The fourth-order valence-corrected chi connectivity index (χ4v) is 6.02. The van der Waals surface area contributed by atoms with Gasteiger partial charge in [-0.25, -0.2) is 0 Å². The van der Waals surface area contributed by atoms with E-state index < -0.39 is 0 Å². The van der Waals surface area contributed by atoms with Crippen LogP contribution in [0.4, 0.5) is 11.4 Å². The number of amides is 3. The van der Waals surface area contributed by atoms with Crippen LogP contribution in [0.3, 0.4) is 0 Å². The van der Waals surface area contributed by atoms with Gasteiger partial charge in [-0.1, -0.05) is 61.0 Å². The zero-order valence-corrected chi connectivity index (χ0v) is 24.3. The summed E-state index contributed by atoms with van der Waals surface area (Å²) in [5.74, 6) is -0.349. The molecular weight excluding hydrogens is 536 g/mol. The highest BCUT2D eigenvalue weighted by Crippen LogP contribution is 2.30. The predicted octanol–water partition coefficient (Wildman–Crippen LogP) is 6.06. The lowest BCUT2D eigenvalue weighted by Crippen LogP contribution is -2.50. The molecule has 2 fully saturated rings. The third-order valence-electron chi connectivity index (χ3n) is 8.09. The Labute approximate surface area is 247 Å². The van der Waals surface area contributed by atoms with E-state index in [0.717, 1.165) is 50.0 Å². The van der Waals surface area contributed by atoms with Gasteiger partial charge in [-0.3, -0.25) is 14.4 Å². The summed E-state index contributed by atoms with van der Waals surface area (Å²) in [4.78, 5) is 46.2. The molecule has 0 bridgehead atoms. The van der Waals surface area contributed by atoms with Gasteiger partial charge in [0.15, 0.2) is 0 Å². The maximum absolute atomic E-state index is 13.8. The fourth-order valence-electron chi connectivity index (χ4n) is 5.80. The van der Waals surface area contributed by atoms with Gasteiger partial charge >= 0.3 is 0 Å². The Hall–Kier alpha value is -3.84. The maximum Gasteiger partial charge on any atom is 0.257 e. The molecule has 0 radical (unpaired) electrons. The van der Waals surface area contributed by atoms with Crippen molar-refractivity contribution in [2.24, 2.45) is 0 Å². The summed E-state index contributed by atoms with van der Waals surface area (Å²) in [6.07, 6.45) is 3.86. The minimum atomic E-state index is -0.323. The molecule has 3 aromatic rings. The Bertz CT molecular complexity index is 1380. The van der Waals surface area contributed by atoms with Gasteiger partial charge in [0, 0.05) is 50.6 Å². The van der Waals surface area contributed by atoms with Crippen LogP contribution in [-0.4, -0.2) is 66.8 Å². The first-order valence-electron chi connectivity index (χ1n) is 14.5. The van der Waals surface area contributed by atoms with Crippen molar-refractivity contribution in [2.45, 2.75) is 38.5 Å². The maximum atomic E-state index is 13.8. The second kappa shape index (κ2) is 13.2. The molecule has 2 aliphatic rings. The van der Waals surface area contributed by atoms with Gasteiger partial charge in [0.25, 0.3) is 11.8 Å². The number of nitrogens with one attached hydrogen (secondary N) is 1. The van der Waals surface area contributed by atoms with E-state index in [1.54, 1.807) is 30.3 Å². The van der Waals surface area contributed by atoms with Crippen molar-refractivity contribution in [3.05, 3.63) is 94.5 Å². The zero-order chi connectivity index (χ0) is 28.8. The number of hydrogen-bond acceptors (Lipinski definition) is 4. The SMILES string of the molecule is CCC(C(=O)N1CCN(c2ccc(NC(=O)c3ccccc3Cl)cc2C(=O)N2CCCCC2)CC1)c1ccccc1. The summed E-state index contributed by atoms with van der Waals surface area (Å²) in [5.41, 5.74) is 3.37. The Balaban J connectivity index is 1.35. The highest BCUT2D eigenvalue weighted by atomic mass is 35.5. The highest BCUT2D eigenvalue weighted by Gasteiger charge is 2.30. The van der Waals surface area contributed by atoms with Gasteiger partial charge in [0.05, 0.1) is 22.1 Å². The molecular formula is C33H37ClN4O3. The number of benzene rings is 3. The Kier molecular flexibility index (Phi) is 9.24. The second-order valence-electron chi connectivity index (χ2n) is 10.7. The van der Waals surface area contributed by atoms with E-state index in [4.69, 9.17) is 11.6 Å². The number of nitrogens with zero attached hydrogens (tertiary/aromatic N) is 3. The van der Waals surface area contributed by atoms with Crippen LogP contribution in [-0.2, 0) is 4.79 Å². The van der Waals surface area contributed by atoms with Crippen molar-refractivity contribution in [1.82, 2.24) is 9.80 Å². The van der Waals surface area contributed by atoms with Crippen molar-refractivity contribution >= 4 is 40.7 Å². The molecule has 3 aromatic carbocycles. The van der Waals surface area contributed by atoms with Gasteiger partial charge in [0.2, 0.25) is 5.91 Å². The van der Waals surface area contributed by atoms with Crippen LogP contribution in [0.15, 0.2) is 72.8 Å².